The summed E-state index contributed by atoms with van der Waals surface area (Å²) in [6.45, 7) is 3.93. The van der Waals surface area contributed by atoms with Crippen molar-refractivity contribution in [3.63, 3.8) is 0 Å². The zero-order valence-corrected chi connectivity index (χ0v) is 17.5. The van der Waals surface area contributed by atoms with Crippen LogP contribution in [0, 0.1) is 0 Å². The first-order chi connectivity index (χ1) is 14.4. The van der Waals surface area contributed by atoms with Gasteiger partial charge in [0.1, 0.15) is 5.82 Å². The van der Waals surface area contributed by atoms with Crippen LogP contribution in [0.15, 0.2) is 39.9 Å². The zero-order chi connectivity index (χ0) is 21.7. The fraction of sp³-hybridized carbons (Fsp3) is 0.476. The highest BCUT2D eigenvalue weighted by Gasteiger charge is 2.26. The molecule has 0 radical (unpaired) electrons. The second-order valence-corrected chi connectivity index (χ2v) is 7.41. The molecule has 0 atom stereocenters. The van der Waals surface area contributed by atoms with Crippen LogP contribution in [0.4, 0.5) is 11.5 Å². The Labute approximate surface area is 175 Å². The molecule has 3 rings (SSSR count). The standard InChI is InChI=1S/C21H29N5O4/c1-3-25(17(27)14-24-11-9-16(30-2)10-12-24)18-19(22)26(21(29)23-20(18)28)13-15-7-5-4-6-8-15/h4-8,16H,3,9-14,22H2,1-2H3,(H,23,28,29). The number of benzene rings is 1. The van der Waals surface area contributed by atoms with Crippen molar-refractivity contribution in [2.45, 2.75) is 32.4 Å². The molecule has 9 heteroatoms. The zero-order valence-electron chi connectivity index (χ0n) is 17.5. The highest BCUT2D eigenvalue weighted by atomic mass is 16.5. The highest BCUT2D eigenvalue weighted by molar-refractivity contribution is 5.96. The SMILES string of the molecule is CCN(C(=O)CN1CCC(OC)CC1)c1c(N)n(Cc2ccccc2)c(=O)[nH]c1=O. The Bertz CT molecular complexity index is 977. The third kappa shape index (κ3) is 4.80. The fourth-order valence-corrected chi connectivity index (χ4v) is 3.80. The Morgan fingerprint density at radius 1 is 1.23 bits per heavy atom. The molecular formula is C21H29N5O4. The number of hydrogen-bond acceptors (Lipinski definition) is 6. The number of carbonyl (C=O) groups excluding carboxylic acids is 1. The summed E-state index contributed by atoms with van der Waals surface area (Å²) in [4.78, 5) is 43.7. The molecule has 1 fully saturated rings. The Hall–Kier alpha value is -2.91. The number of carbonyl (C=O) groups is 1. The number of nitrogens with zero attached hydrogens (tertiary/aromatic N) is 3. The summed E-state index contributed by atoms with van der Waals surface area (Å²) in [5.74, 6) is -0.239. The molecule has 1 aliphatic rings. The fourth-order valence-electron chi connectivity index (χ4n) is 3.80. The predicted octanol–water partition coefficient (Wildman–Crippen LogP) is 0.631. The van der Waals surface area contributed by atoms with E-state index in [0.29, 0.717) is 0 Å². The van der Waals surface area contributed by atoms with Crippen LogP contribution in [0.1, 0.15) is 25.3 Å². The van der Waals surface area contributed by atoms with Crippen LogP contribution in [0.25, 0.3) is 0 Å². The average Bonchev–Trinajstić information content (AvgIpc) is 2.75. The van der Waals surface area contributed by atoms with Crippen molar-refractivity contribution in [3.05, 3.63) is 56.7 Å². The molecular weight excluding hydrogens is 386 g/mol. The lowest BCUT2D eigenvalue weighted by Crippen LogP contribution is -2.47. The van der Waals surface area contributed by atoms with Gasteiger partial charge in [0.2, 0.25) is 5.91 Å². The lowest BCUT2D eigenvalue weighted by molar-refractivity contribution is -0.120. The molecule has 1 aliphatic heterocycles. The molecule has 0 aliphatic carbocycles. The van der Waals surface area contributed by atoms with E-state index in [9.17, 15) is 14.4 Å². The minimum Gasteiger partial charge on any atom is -0.383 e. The van der Waals surface area contributed by atoms with E-state index < -0.39 is 11.2 Å². The maximum atomic E-state index is 13.0. The second kappa shape index (κ2) is 9.73. The lowest BCUT2D eigenvalue weighted by Gasteiger charge is -2.32. The number of piperidine rings is 1. The van der Waals surface area contributed by atoms with Gasteiger partial charge in [-0.15, -0.1) is 0 Å². The first-order valence-corrected chi connectivity index (χ1v) is 10.2. The van der Waals surface area contributed by atoms with Crippen LogP contribution in [0.2, 0.25) is 0 Å². The Kier molecular flexibility index (Phi) is 7.07. The number of likely N-dealkylation sites (tertiary alicyclic amines) is 1. The first kappa shape index (κ1) is 21.8. The van der Waals surface area contributed by atoms with E-state index in [2.05, 4.69) is 4.98 Å². The van der Waals surface area contributed by atoms with Gasteiger partial charge in [-0.05, 0) is 25.3 Å². The van der Waals surface area contributed by atoms with Crippen molar-refractivity contribution in [3.8, 4) is 0 Å². The topological polar surface area (TPSA) is 114 Å². The van der Waals surface area contributed by atoms with Gasteiger partial charge < -0.3 is 15.4 Å². The molecule has 1 aromatic carbocycles. The van der Waals surface area contributed by atoms with E-state index in [0.717, 1.165) is 31.5 Å². The van der Waals surface area contributed by atoms with Crippen molar-refractivity contribution >= 4 is 17.4 Å². The average molecular weight is 415 g/mol. The van der Waals surface area contributed by atoms with E-state index in [4.69, 9.17) is 10.5 Å². The minimum atomic E-state index is -0.657. The van der Waals surface area contributed by atoms with Crippen molar-refractivity contribution in [2.24, 2.45) is 0 Å². The molecule has 1 amide bonds. The van der Waals surface area contributed by atoms with Gasteiger partial charge in [0, 0.05) is 26.7 Å². The third-order valence-electron chi connectivity index (χ3n) is 5.51. The number of amides is 1. The Morgan fingerprint density at radius 3 is 2.50 bits per heavy atom. The molecule has 0 unspecified atom stereocenters. The summed E-state index contributed by atoms with van der Waals surface area (Å²) < 4.78 is 6.65. The number of H-pyrrole nitrogens is 1. The van der Waals surface area contributed by atoms with Gasteiger partial charge in [0.05, 0.1) is 19.2 Å². The molecule has 2 aromatic rings. The minimum absolute atomic E-state index is 0.0131. The van der Waals surface area contributed by atoms with E-state index in [1.54, 1.807) is 14.0 Å². The van der Waals surface area contributed by atoms with Gasteiger partial charge >= 0.3 is 5.69 Å². The second-order valence-electron chi connectivity index (χ2n) is 7.41. The van der Waals surface area contributed by atoms with Gasteiger partial charge in [-0.3, -0.25) is 24.0 Å². The quantitative estimate of drug-likeness (QED) is 0.686. The number of aromatic nitrogens is 2. The summed E-state index contributed by atoms with van der Waals surface area (Å²) in [6, 6.07) is 9.32. The van der Waals surface area contributed by atoms with Crippen LogP contribution in [0.5, 0.6) is 0 Å². The molecule has 0 saturated carbocycles. The molecule has 30 heavy (non-hydrogen) atoms. The van der Waals surface area contributed by atoms with Crippen molar-refractivity contribution < 1.29 is 9.53 Å². The van der Waals surface area contributed by atoms with Gasteiger partial charge in [-0.1, -0.05) is 30.3 Å². The molecule has 9 nitrogen and oxygen atoms in total. The summed E-state index contributed by atoms with van der Waals surface area (Å²) in [7, 11) is 1.70. The van der Waals surface area contributed by atoms with Gasteiger partial charge in [-0.2, -0.15) is 0 Å². The maximum absolute atomic E-state index is 13.0. The Balaban J connectivity index is 1.85. The summed E-state index contributed by atoms with van der Waals surface area (Å²) in [5, 5.41) is 0. The molecule has 0 spiro atoms. The van der Waals surface area contributed by atoms with Crippen molar-refractivity contribution in [1.82, 2.24) is 14.5 Å². The lowest BCUT2D eigenvalue weighted by atomic mass is 10.1. The number of nitrogen functional groups attached to an aromatic ring is 1. The summed E-state index contributed by atoms with van der Waals surface area (Å²) >= 11 is 0. The van der Waals surface area contributed by atoms with Gasteiger partial charge in [0.25, 0.3) is 5.56 Å². The predicted molar refractivity (Wildman–Crippen MR) is 116 cm³/mol. The first-order valence-electron chi connectivity index (χ1n) is 10.2. The van der Waals surface area contributed by atoms with E-state index >= 15 is 0 Å². The smallest absolute Gasteiger partial charge is 0.330 e. The van der Waals surface area contributed by atoms with Gasteiger partial charge in [-0.25, -0.2) is 4.79 Å². The number of hydrogen-bond donors (Lipinski definition) is 2. The Morgan fingerprint density at radius 2 is 1.90 bits per heavy atom. The van der Waals surface area contributed by atoms with Crippen molar-refractivity contribution in [2.75, 3.05) is 43.9 Å². The van der Waals surface area contributed by atoms with Crippen LogP contribution >= 0.6 is 0 Å². The molecule has 0 bridgehead atoms. The van der Waals surface area contributed by atoms with Crippen LogP contribution < -0.4 is 21.9 Å². The van der Waals surface area contributed by atoms with Crippen LogP contribution in [-0.4, -0.2) is 59.8 Å². The molecule has 1 saturated heterocycles. The molecule has 1 aromatic heterocycles. The number of aromatic amines is 1. The summed E-state index contributed by atoms with van der Waals surface area (Å²) in [6.07, 6.45) is 1.94. The molecule has 2 heterocycles. The highest BCUT2D eigenvalue weighted by Crippen LogP contribution is 2.19. The number of anilines is 2. The molecule has 162 valence electrons. The number of methoxy groups -OCH3 is 1. The van der Waals surface area contributed by atoms with Crippen LogP contribution in [0.3, 0.4) is 0 Å². The monoisotopic (exact) mass is 415 g/mol. The number of likely N-dealkylation sites (N-methyl/N-ethyl adjacent to an activating group) is 1. The number of ether oxygens (including phenoxy) is 1. The number of nitrogens with one attached hydrogen (secondary N) is 1. The largest absolute Gasteiger partial charge is 0.383 e. The number of rotatable bonds is 7. The van der Waals surface area contributed by atoms with E-state index in [1.165, 1.54) is 9.47 Å². The normalized spacial score (nSPS) is 15.3. The van der Waals surface area contributed by atoms with E-state index in [-0.39, 0.29) is 43.2 Å². The van der Waals surface area contributed by atoms with Crippen molar-refractivity contribution in [1.29, 1.82) is 0 Å². The van der Waals surface area contributed by atoms with Crippen LogP contribution in [-0.2, 0) is 16.1 Å². The number of nitrogens with two attached hydrogens (primary N) is 1. The maximum Gasteiger partial charge on any atom is 0.330 e. The summed E-state index contributed by atoms with van der Waals surface area (Å²) in [5.41, 5.74) is 5.86. The van der Waals surface area contributed by atoms with E-state index in [1.807, 2.05) is 35.2 Å². The van der Waals surface area contributed by atoms with Gasteiger partial charge in [0.15, 0.2) is 5.69 Å². The molecule has 3 N–H and O–H groups in total. The third-order valence-corrected chi connectivity index (χ3v) is 5.51.